The lowest BCUT2D eigenvalue weighted by Crippen LogP contribution is -2.41. The van der Waals surface area contributed by atoms with Gasteiger partial charge in [0.1, 0.15) is 0 Å². The predicted molar refractivity (Wildman–Crippen MR) is 86.5 cm³/mol. The Kier molecular flexibility index (Phi) is 5.07. The van der Waals surface area contributed by atoms with Gasteiger partial charge in [-0.2, -0.15) is 0 Å². The molecule has 104 valence electrons. The molecular formula is C16H19N3S. The average Bonchev–Trinajstić information content (AvgIpc) is 2.46. The zero-order valence-corrected chi connectivity index (χ0v) is 12.5. The van der Waals surface area contributed by atoms with Crippen LogP contribution in [0.3, 0.4) is 0 Å². The lowest BCUT2D eigenvalue weighted by molar-refractivity contribution is 0.683. The fraction of sp³-hybridized carbons (Fsp3) is 0.250. The van der Waals surface area contributed by atoms with Crippen LogP contribution in [0.2, 0.25) is 0 Å². The van der Waals surface area contributed by atoms with E-state index in [1.807, 2.05) is 30.3 Å². The quantitative estimate of drug-likeness (QED) is 0.847. The Bertz CT molecular complexity index is 501. The van der Waals surface area contributed by atoms with Crippen LogP contribution in [0.4, 0.5) is 0 Å². The van der Waals surface area contributed by atoms with Crippen molar-refractivity contribution in [1.82, 2.24) is 15.6 Å². The molecule has 20 heavy (non-hydrogen) atoms. The smallest absolute Gasteiger partial charge is 0.167 e. The maximum Gasteiger partial charge on any atom is 0.167 e. The van der Waals surface area contributed by atoms with Crippen molar-refractivity contribution in [3.63, 3.8) is 0 Å². The lowest BCUT2D eigenvalue weighted by atomic mass is 10.00. The van der Waals surface area contributed by atoms with Gasteiger partial charge in [-0.3, -0.25) is 4.98 Å². The molecule has 0 aliphatic heterocycles. The van der Waals surface area contributed by atoms with E-state index in [9.17, 15) is 0 Å². The molecule has 0 spiro atoms. The van der Waals surface area contributed by atoms with Gasteiger partial charge in [0.05, 0.1) is 6.04 Å². The van der Waals surface area contributed by atoms with Crippen LogP contribution in [-0.2, 0) is 0 Å². The van der Waals surface area contributed by atoms with Crippen molar-refractivity contribution in [3.05, 3.63) is 66.0 Å². The van der Waals surface area contributed by atoms with Gasteiger partial charge < -0.3 is 10.6 Å². The van der Waals surface area contributed by atoms with Crippen LogP contribution in [0, 0.1) is 0 Å². The van der Waals surface area contributed by atoms with Crippen LogP contribution in [0.25, 0.3) is 0 Å². The largest absolute Gasteiger partial charge is 0.361 e. The number of pyridine rings is 1. The van der Waals surface area contributed by atoms with Crippen molar-refractivity contribution in [2.24, 2.45) is 0 Å². The molecule has 2 rings (SSSR count). The summed E-state index contributed by atoms with van der Waals surface area (Å²) < 4.78 is 0. The molecule has 2 N–H and O–H groups in total. The average molecular weight is 285 g/mol. The Balaban J connectivity index is 2.24. The lowest BCUT2D eigenvalue weighted by Gasteiger charge is -2.22. The van der Waals surface area contributed by atoms with E-state index < -0.39 is 0 Å². The van der Waals surface area contributed by atoms with Crippen LogP contribution in [-0.4, -0.2) is 16.1 Å². The summed E-state index contributed by atoms with van der Waals surface area (Å²) in [7, 11) is 0. The molecule has 0 saturated carbocycles. The van der Waals surface area contributed by atoms with Gasteiger partial charge >= 0.3 is 0 Å². The van der Waals surface area contributed by atoms with E-state index in [0.29, 0.717) is 11.2 Å². The Morgan fingerprint density at radius 2 is 1.55 bits per heavy atom. The van der Waals surface area contributed by atoms with E-state index in [1.165, 1.54) is 5.56 Å². The second-order valence-electron chi connectivity index (χ2n) is 4.90. The second-order valence-corrected chi connectivity index (χ2v) is 5.30. The number of hydrogen-bond acceptors (Lipinski definition) is 2. The van der Waals surface area contributed by atoms with Gasteiger partial charge in [-0.15, -0.1) is 0 Å². The van der Waals surface area contributed by atoms with Gasteiger partial charge in [0, 0.05) is 18.4 Å². The maximum atomic E-state index is 5.37. The van der Waals surface area contributed by atoms with E-state index in [4.69, 9.17) is 12.2 Å². The number of nitrogens with one attached hydrogen (secondary N) is 2. The molecule has 1 heterocycles. The molecule has 0 aliphatic rings. The van der Waals surface area contributed by atoms with Crippen molar-refractivity contribution >= 4 is 17.3 Å². The van der Waals surface area contributed by atoms with E-state index in [0.717, 1.165) is 5.56 Å². The van der Waals surface area contributed by atoms with E-state index in [-0.39, 0.29) is 6.04 Å². The Morgan fingerprint density at radius 1 is 0.950 bits per heavy atom. The van der Waals surface area contributed by atoms with Crippen LogP contribution < -0.4 is 10.6 Å². The molecule has 1 aromatic heterocycles. The summed E-state index contributed by atoms with van der Waals surface area (Å²) in [6, 6.07) is 14.6. The fourth-order valence-electron chi connectivity index (χ4n) is 2.00. The Morgan fingerprint density at radius 3 is 2.15 bits per heavy atom. The molecule has 0 saturated heterocycles. The number of benzene rings is 1. The maximum absolute atomic E-state index is 5.37. The highest BCUT2D eigenvalue weighted by molar-refractivity contribution is 7.80. The number of nitrogens with zero attached hydrogens (tertiary/aromatic N) is 1. The standard InChI is InChI=1S/C16H19N3S/c1-12(2)18-16(20)19-15(13-6-4-3-5-7-13)14-8-10-17-11-9-14/h3-12,15H,1-2H3,(H2,18,19,20)/t15-/m1/s1. The summed E-state index contributed by atoms with van der Waals surface area (Å²) in [6.45, 7) is 4.13. The minimum Gasteiger partial charge on any atom is -0.361 e. The topological polar surface area (TPSA) is 37.0 Å². The zero-order valence-electron chi connectivity index (χ0n) is 11.7. The molecule has 1 atom stereocenters. The summed E-state index contributed by atoms with van der Waals surface area (Å²) in [4.78, 5) is 4.07. The number of rotatable bonds is 4. The molecule has 0 aliphatic carbocycles. The summed E-state index contributed by atoms with van der Waals surface area (Å²) in [5, 5.41) is 7.25. The summed E-state index contributed by atoms with van der Waals surface area (Å²) in [6.07, 6.45) is 3.59. The highest BCUT2D eigenvalue weighted by Gasteiger charge is 2.14. The molecule has 0 unspecified atom stereocenters. The van der Waals surface area contributed by atoms with Gasteiger partial charge in [0.2, 0.25) is 0 Å². The summed E-state index contributed by atoms with van der Waals surface area (Å²) in [5.74, 6) is 0. The first kappa shape index (κ1) is 14.5. The van der Waals surface area contributed by atoms with Crippen molar-refractivity contribution < 1.29 is 0 Å². The third-order valence-electron chi connectivity index (χ3n) is 2.87. The molecule has 0 amide bonds. The van der Waals surface area contributed by atoms with Crippen LogP contribution in [0.1, 0.15) is 31.0 Å². The summed E-state index contributed by atoms with van der Waals surface area (Å²) >= 11 is 5.37. The molecule has 0 bridgehead atoms. The number of thiocarbonyl (C=S) groups is 1. The Hall–Kier alpha value is -1.94. The number of aromatic nitrogens is 1. The highest BCUT2D eigenvalue weighted by atomic mass is 32.1. The first-order valence-corrected chi connectivity index (χ1v) is 7.09. The fourth-order valence-corrected chi connectivity index (χ4v) is 2.35. The number of hydrogen-bond donors (Lipinski definition) is 2. The molecule has 2 aromatic rings. The minimum absolute atomic E-state index is 0.0259. The van der Waals surface area contributed by atoms with Crippen molar-refractivity contribution in [2.75, 3.05) is 0 Å². The van der Waals surface area contributed by atoms with E-state index in [1.54, 1.807) is 12.4 Å². The van der Waals surface area contributed by atoms with E-state index in [2.05, 4.69) is 41.6 Å². The molecule has 1 aromatic carbocycles. The third-order valence-corrected chi connectivity index (χ3v) is 3.10. The SMILES string of the molecule is CC(C)NC(=S)N[C@H](c1ccccc1)c1ccncc1. The first-order valence-electron chi connectivity index (χ1n) is 6.68. The van der Waals surface area contributed by atoms with Crippen LogP contribution in [0.5, 0.6) is 0 Å². The molecule has 0 radical (unpaired) electrons. The van der Waals surface area contributed by atoms with Crippen LogP contribution in [0.15, 0.2) is 54.9 Å². The second kappa shape index (κ2) is 7.01. The zero-order chi connectivity index (χ0) is 14.4. The molecule has 4 heteroatoms. The Labute approximate surface area is 125 Å². The third kappa shape index (κ3) is 4.03. The first-order chi connectivity index (χ1) is 9.66. The van der Waals surface area contributed by atoms with Gasteiger partial charge in [-0.1, -0.05) is 30.3 Å². The summed E-state index contributed by atoms with van der Waals surface area (Å²) in [5.41, 5.74) is 2.31. The molecule has 0 fully saturated rings. The minimum atomic E-state index is 0.0259. The van der Waals surface area contributed by atoms with Gasteiger partial charge in [-0.05, 0) is 49.3 Å². The molecular weight excluding hydrogens is 266 g/mol. The van der Waals surface area contributed by atoms with E-state index >= 15 is 0 Å². The van der Waals surface area contributed by atoms with Gasteiger partial charge in [-0.25, -0.2) is 0 Å². The predicted octanol–water partition coefficient (Wildman–Crippen LogP) is 3.04. The normalized spacial score (nSPS) is 11.9. The van der Waals surface area contributed by atoms with Crippen molar-refractivity contribution in [1.29, 1.82) is 0 Å². The monoisotopic (exact) mass is 285 g/mol. The van der Waals surface area contributed by atoms with Crippen molar-refractivity contribution in [2.45, 2.75) is 25.9 Å². The molecule has 3 nitrogen and oxygen atoms in total. The van der Waals surface area contributed by atoms with Gasteiger partial charge in [0.25, 0.3) is 0 Å². The highest BCUT2D eigenvalue weighted by Crippen LogP contribution is 2.21. The van der Waals surface area contributed by atoms with Gasteiger partial charge in [0.15, 0.2) is 5.11 Å². The van der Waals surface area contributed by atoms with Crippen molar-refractivity contribution in [3.8, 4) is 0 Å². The van der Waals surface area contributed by atoms with Crippen LogP contribution >= 0.6 is 12.2 Å².